The number of imide groups is 1. The smallest absolute Gasteiger partial charge is 0.233 e. The van der Waals surface area contributed by atoms with Crippen LogP contribution < -0.4 is 10.1 Å². The van der Waals surface area contributed by atoms with E-state index in [9.17, 15) is 14.4 Å². The maximum absolute atomic E-state index is 12.4. The fraction of sp³-hybridized carbons (Fsp3) is 0.292. The Kier molecular flexibility index (Phi) is 5.93. The van der Waals surface area contributed by atoms with Crippen molar-refractivity contribution in [2.45, 2.75) is 25.9 Å². The molecular weight excluding hydrogens is 380 g/mol. The average molecular weight is 404 g/mol. The van der Waals surface area contributed by atoms with Gasteiger partial charge in [0.2, 0.25) is 17.7 Å². The Bertz CT molecular complexity index is 927. The summed E-state index contributed by atoms with van der Waals surface area (Å²) in [5.74, 6) is -0.338. The molecule has 2 atom stereocenters. The van der Waals surface area contributed by atoms with Crippen molar-refractivity contribution in [3.05, 3.63) is 72.3 Å². The second-order valence-corrected chi connectivity index (χ2v) is 7.58. The van der Waals surface area contributed by atoms with Crippen LogP contribution in [0.2, 0.25) is 0 Å². The lowest BCUT2D eigenvalue weighted by Gasteiger charge is -2.14. The molecule has 0 radical (unpaired) electrons. The van der Waals surface area contributed by atoms with E-state index in [1.165, 1.54) is 4.90 Å². The summed E-state index contributed by atoms with van der Waals surface area (Å²) < 4.78 is 5.74. The summed E-state index contributed by atoms with van der Waals surface area (Å²) in [6.07, 6.45) is 5.20. The molecule has 3 amide bonds. The van der Waals surface area contributed by atoms with Crippen molar-refractivity contribution < 1.29 is 19.1 Å². The number of ether oxygens (including phenoxy) is 1. The van der Waals surface area contributed by atoms with Crippen LogP contribution in [0.5, 0.6) is 5.75 Å². The van der Waals surface area contributed by atoms with E-state index in [0.29, 0.717) is 30.9 Å². The number of benzene rings is 2. The van der Waals surface area contributed by atoms with Gasteiger partial charge >= 0.3 is 0 Å². The van der Waals surface area contributed by atoms with Crippen molar-refractivity contribution in [1.82, 2.24) is 4.90 Å². The molecule has 1 saturated heterocycles. The Morgan fingerprint density at radius 3 is 2.20 bits per heavy atom. The molecule has 0 aromatic heterocycles. The van der Waals surface area contributed by atoms with Gasteiger partial charge in [0.05, 0.1) is 11.8 Å². The molecule has 1 N–H and O–H groups in total. The zero-order valence-electron chi connectivity index (χ0n) is 16.6. The molecule has 0 spiro atoms. The Labute approximate surface area is 175 Å². The van der Waals surface area contributed by atoms with Crippen LogP contribution >= 0.6 is 0 Å². The van der Waals surface area contributed by atoms with Crippen molar-refractivity contribution in [3.8, 4) is 5.75 Å². The topological polar surface area (TPSA) is 75.7 Å². The van der Waals surface area contributed by atoms with Gasteiger partial charge in [0.1, 0.15) is 12.4 Å². The van der Waals surface area contributed by atoms with Gasteiger partial charge in [0.15, 0.2) is 0 Å². The molecule has 0 bridgehead atoms. The van der Waals surface area contributed by atoms with Gasteiger partial charge in [-0.1, -0.05) is 42.5 Å². The van der Waals surface area contributed by atoms with E-state index in [4.69, 9.17) is 4.74 Å². The van der Waals surface area contributed by atoms with Crippen LogP contribution in [0.25, 0.3) is 0 Å². The number of rotatable bonds is 7. The van der Waals surface area contributed by atoms with Gasteiger partial charge in [0.25, 0.3) is 0 Å². The largest absolute Gasteiger partial charge is 0.489 e. The van der Waals surface area contributed by atoms with Crippen LogP contribution in [-0.4, -0.2) is 29.2 Å². The highest BCUT2D eigenvalue weighted by Crippen LogP contribution is 2.35. The molecular formula is C24H24N2O4. The molecule has 6 heteroatoms. The van der Waals surface area contributed by atoms with Gasteiger partial charge in [-0.15, -0.1) is 0 Å². The molecule has 4 rings (SSSR count). The number of carbonyl (C=O) groups is 3. The van der Waals surface area contributed by atoms with E-state index in [-0.39, 0.29) is 42.5 Å². The number of allylic oxidation sites excluding steroid dienone is 2. The summed E-state index contributed by atoms with van der Waals surface area (Å²) >= 11 is 0. The van der Waals surface area contributed by atoms with Crippen molar-refractivity contribution in [1.29, 1.82) is 0 Å². The molecule has 6 nitrogen and oxygen atoms in total. The Morgan fingerprint density at radius 2 is 1.57 bits per heavy atom. The summed E-state index contributed by atoms with van der Waals surface area (Å²) in [7, 11) is 0. The van der Waals surface area contributed by atoms with Gasteiger partial charge in [-0.25, -0.2) is 0 Å². The minimum Gasteiger partial charge on any atom is -0.489 e. The standard InChI is InChI=1S/C24H24N2O4/c27-22(14-15-26-23(28)20-8-4-5-9-21(20)24(26)29)25-18-10-12-19(13-11-18)30-16-17-6-2-1-3-7-17/h1-7,10-13,20-21H,8-9,14-16H2,(H,25,27)/t20-,21+. The summed E-state index contributed by atoms with van der Waals surface area (Å²) in [6, 6.07) is 17.0. The third-order valence-electron chi connectivity index (χ3n) is 5.55. The molecule has 0 saturated carbocycles. The van der Waals surface area contributed by atoms with Crippen molar-refractivity contribution in [2.24, 2.45) is 11.8 Å². The van der Waals surface area contributed by atoms with Gasteiger partial charge in [-0.05, 0) is 42.7 Å². The SMILES string of the molecule is O=C(CCN1C(=O)[C@H]2CC=CC[C@H]2C1=O)Nc1ccc(OCc2ccccc2)cc1. The fourth-order valence-corrected chi connectivity index (χ4v) is 3.90. The van der Waals surface area contributed by atoms with E-state index in [2.05, 4.69) is 5.32 Å². The maximum Gasteiger partial charge on any atom is 0.233 e. The number of anilines is 1. The molecule has 2 aliphatic rings. The second kappa shape index (κ2) is 8.95. The third-order valence-corrected chi connectivity index (χ3v) is 5.55. The van der Waals surface area contributed by atoms with E-state index in [0.717, 1.165) is 5.56 Å². The highest BCUT2D eigenvalue weighted by molar-refractivity contribution is 6.05. The number of nitrogens with one attached hydrogen (secondary N) is 1. The predicted molar refractivity (Wildman–Crippen MR) is 113 cm³/mol. The van der Waals surface area contributed by atoms with E-state index >= 15 is 0 Å². The maximum atomic E-state index is 12.4. The lowest BCUT2D eigenvalue weighted by atomic mass is 9.85. The van der Waals surface area contributed by atoms with Crippen LogP contribution in [0, 0.1) is 11.8 Å². The number of nitrogens with zero attached hydrogens (tertiary/aromatic N) is 1. The highest BCUT2D eigenvalue weighted by Gasteiger charge is 2.46. The van der Waals surface area contributed by atoms with Crippen molar-refractivity contribution >= 4 is 23.4 Å². The number of hydrogen-bond acceptors (Lipinski definition) is 4. The molecule has 2 aromatic carbocycles. The quantitative estimate of drug-likeness (QED) is 0.566. The summed E-state index contributed by atoms with van der Waals surface area (Å²) in [5.41, 5.74) is 1.72. The predicted octanol–water partition coefficient (Wildman–Crippen LogP) is 3.55. The van der Waals surface area contributed by atoms with Crippen molar-refractivity contribution in [2.75, 3.05) is 11.9 Å². The van der Waals surface area contributed by atoms with Gasteiger partial charge < -0.3 is 10.1 Å². The molecule has 30 heavy (non-hydrogen) atoms. The van der Waals surface area contributed by atoms with Crippen LogP contribution in [-0.2, 0) is 21.0 Å². The zero-order chi connectivity index (χ0) is 20.9. The van der Waals surface area contributed by atoms with Crippen molar-refractivity contribution in [3.63, 3.8) is 0 Å². The molecule has 154 valence electrons. The number of fused-ring (bicyclic) bond motifs is 1. The van der Waals surface area contributed by atoms with Crippen LogP contribution in [0.1, 0.15) is 24.8 Å². The van der Waals surface area contributed by atoms with Gasteiger partial charge in [-0.3, -0.25) is 19.3 Å². The number of likely N-dealkylation sites (tertiary alicyclic amines) is 1. The number of carbonyl (C=O) groups excluding carboxylic acids is 3. The van der Waals surface area contributed by atoms with E-state index in [1.807, 2.05) is 42.5 Å². The average Bonchev–Trinajstić information content (AvgIpc) is 3.02. The minimum atomic E-state index is -0.256. The molecule has 1 aliphatic carbocycles. The van der Waals surface area contributed by atoms with E-state index < -0.39 is 0 Å². The normalized spacial score (nSPS) is 20.2. The fourth-order valence-electron chi connectivity index (χ4n) is 3.90. The summed E-state index contributed by atoms with van der Waals surface area (Å²) in [5, 5.41) is 2.80. The van der Waals surface area contributed by atoms with Gasteiger partial charge in [0, 0.05) is 18.7 Å². The Hall–Kier alpha value is -3.41. The first-order valence-corrected chi connectivity index (χ1v) is 10.2. The molecule has 2 aromatic rings. The van der Waals surface area contributed by atoms with Crippen LogP contribution in [0.4, 0.5) is 5.69 Å². The molecule has 1 fully saturated rings. The Balaban J connectivity index is 1.25. The summed E-state index contributed by atoms with van der Waals surface area (Å²) in [6.45, 7) is 0.594. The minimum absolute atomic E-state index is 0.0800. The first kappa shape index (κ1) is 19.9. The van der Waals surface area contributed by atoms with Crippen LogP contribution in [0.3, 0.4) is 0 Å². The lowest BCUT2D eigenvalue weighted by molar-refractivity contribution is -0.140. The third kappa shape index (κ3) is 4.43. The van der Waals surface area contributed by atoms with Crippen LogP contribution in [0.15, 0.2) is 66.7 Å². The molecule has 1 aliphatic heterocycles. The molecule has 0 unspecified atom stereocenters. The summed E-state index contributed by atoms with van der Waals surface area (Å²) in [4.78, 5) is 38.4. The highest BCUT2D eigenvalue weighted by atomic mass is 16.5. The Morgan fingerprint density at radius 1 is 0.933 bits per heavy atom. The zero-order valence-corrected chi connectivity index (χ0v) is 16.6. The second-order valence-electron chi connectivity index (χ2n) is 7.58. The first-order valence-electron chi connectivity index (χ1n) is 10.2. The van der Waals surface area contributed by atoms with E-state index in [1.54, 1.807) is 24.3 Å². The number of hydrogen-bond donors (Lipinski definition) is 1. The lowest BCUT2D eigenvalue weighted by Crippen LogP contribution is -2.34. The van der Waals surface area contributed by atoms with Gasteiger partial charge in [-0.2, -0.15) is 0 Å². The monoisotopic (exact) mass is 404 g/mol. The number of amides is 3. The first-order chi connectivity index (χ1) is 14.6. The molecule has 1 heterocycles.